The van der Waals surface area contributed by atoms with Gasteiger partial charge in [-0.15, -0.1) is 0 Å². The molecule has 4 atom stereocenters. The molecule has 4 aromatic rings. The first-order valence-electron chi connectivity index (χ1n) is 17.1. The molecule has 2 aliphatic heterocycles. The number of carbonyl (C=O) groups is 2. The minimum Gasteiger partial charge on any atom is -0.494 e. The first-order chi connectivity index (χ1) is 24.8. The van der Waals surface area contributed by atoms with E-state index in [2.05, 4.69) is 15.0 Å². The molecule has 3 N–H and O–H groups in total. The lowest BCUT2D eigenvalue weighted by atomic mass is 9.82. The van der Waals surface area contributed by atoms with Crippen molar-refractivity contribution >= 4 is 33.9 Å². The summed E-state index contributed by atoms with van der Waals surface area (Å²) >= 11 is 0. The van der Waals surface area contributed by atoms with E-state index in [-0.39, 0.29) is 66.5 Å². The van der Waals surface area contributed by atoms with Gasteiger partial charge in [0.15, 0.2) is 5.82 Å². The van der Waals surface area contributed by atoms with Crippen LogP contribution in [-0.4, -0.2) is 86.9 Å². The van der Waals surface area contributed by atoms with E-state index in [4.69, 9.17) is 15.5 Å². The number of halogens is 7. The van der Waals surface area contributed by atoms with Crippen LogP contribution in [0.5, 0.6) is 5.75 Å². The Morgan fingerprint density at radius 2 is 1.83 bits per heavy atom. The number of nitrogens with two attached hydrogens (primary N) is 1. The molecule has 288 valence electrons. The summed E-state index contributed by atoms with van der Waals surface area (Å²) in [7, 11) is 3.05. The van der Waals surface area contributed by atoms with E-state index >= 15 is 8.78 Å². The van der Waals surface area contributed by atoms with Crippen LogP contribution < -0.4 is 15.8 Å². The highest BCUT2D eigenvalue weighted by Gasteiger charge is 2.56. The molecule has 2 bridgehead atoms. The van der Waals surface area contributed by atoms with Crippen LogP contribution in [0.15, 0.2) is 30.3 Å². The number of carbonyl (C=O) groups excluding carboxylic acids is 2. The molecule has 0 radical (unpaired) electrons. The standard InChI is InChI=1S/C35H40F7N7O4/c1-18-22-8-7-19-14-24(49(28(19)45-22)17-34(38,39)11-6-5-10-33(2,31(51)44-18)35(40,41)42)29-46-23-13-20(15-26(52-4)27(23)47(29)3)30(50)48-12-9-25(21(43)16-48)53-32(36)37/h7-8,13-15,18,21,25,32H,5-6,9-12,16-17,43H2,1-4H3,(H,44,51)/t18-,21+,25-,33-/m1/s1. The second-order valence-electron chi connectivity index (χ2n) is 14.0. The third-order valence-electron chi connectivity index (χ3n) is 10.3. The number of pyridine rings is 1. The molecule has 6 rings (SSSR count). The maximum atomic E-state index is 15.8. The second-order valence-corrected chi connectivity index (χ2v) is 14.0. The molecule has 18 heteroatoms. The number of methoxy groups -OCH3 is 1. The summed E-state index contributed by atoms with van der Waals surface area (Å²) < 4.78 is 113. The lowest BCUT2D eigenvalue weighted by Crippen LogP contribution is -2.54. The highest BCUT2D eigenvalue weighted by atomic mass is 19.4. The smallest absolute Gasteiger partial charge is 0.402 e. The summed E-state index contributed by atoms with van der Waals surface area (Å²) in [4.78, 5) is 37.4. The first-order valence-corrected chi connectivity index (χ1v) is 17.1. The van der Waals surface area contributed by atoms with Gasteiger partial charge in [0.05, 0.1) is 42.7 Å². The second kappa shape index (κ2) is 14.1. The normalized spacial score (nSPS) is 24.5. The lowest BCUT2D eigenvalue weighted by molar-refractivity contribution is -0.219. The molecule has 53 heavy (non-hydrogen) atoms. The van der Waals surface area contributed by atoms with E-state index in [1.165, 1.54) is 41.7 Å². The van der Waals surface area contributed by atoms with Crippen molar-refractivity contribution in [1.82, 2.24) is 29.3 Å². The Morgan fingerprint density at radius 3 is 2.49 bits per heavy atom. The van der Waals surface area contributed by atoms with Gasteiger partial charge in [0.25, 0.3) is 11.8 Å². The molecule has 5 heterocycles. The van der Waals surface area contributed by atoms with Crippen LogP contribution in [0.4, 0.5) is 30.7 Å². The van der Waals surface area contributed by atoms with Crippen molar-refractivity contribution in [2.45, 2.75) is 89.4 Å². The van der Waals surface area contributed by atoms with Gasteiger partial charge in [-0.05, 0) is 63.4 Å². The summed E-state index contributed by atoms with van der Waals surface area (Å²) in [5.74, 6) is -4.61. The fourth-order valence-corrected chi connectivity index (χ4v) is 7.16. The van der Waals surface area contributed by atoms with Gasteiger partial charge in [0.1, 0.15) is 22.3 Å². The van der Waals surface area contributed by atoms with Gasteiger partial charge in [-0.3, -0.25) is 9.59 Å². The van der Waals surface area contributed by atoms with E-state index in [1.807, 2.05) is 0 Å². The Kier molecular flexibility index (Phi) is 10.2. The number of aromatic nitrogens is 4. The highest BCUT2D eigenvalue weighted by molar-refractivity contribution is 6.00. The van der Waals surface area contributed by atoms with E-state index < -0.39 is 73.5 Å². The van der Waals surface area contributed by atoms with Gasteiger partial charge in [0.2, 0.25) is 5.91 Å². The molecular formula is C35H40F7N7O4. The van der Waals surface area contributed by atoms with Crippen LogP contribution in [0.2, 0.25) is 0 Å². The maximum absolute atomic E-state index is 15.8. The molecule has 2 aliphatic rings. The number of piperidine rings is 1. The summed E-state index contributed by atoms with van der Waals surface area (Å²) in [6.45, 7) is -1.52. The highest BCUT2D eigenvalue weighted by Crippen LogP contribution is 2.44. The van der Waals surface area contributed by atoms with Crippen LogP contribution in [0, 0.1) is 5.41 Å². The van der Waals surface area contributed by atoms with Crippen molar-refractivity contribution in [1.29, 1.82) is 0 Å². The number of likely N-dealkylation sites (tertiary alicyclic amines) is 1. The van der Waals surface area contributed by atoms with Crippen molar-refractivity contribution in [2.24, 2.45) is 18.2 Å². The summed E-state index contributed by atoms with van der Waals surface area (Å²) in [5, 5.41) is 2.87. The number of ether oxygens (including phenoxy) is 2. The molecule has 2 amide bonds. The zero-order valence-corrected chi connectivity index (χ0v) is 29.4. The number of aryl methyl sites for hydroxylation is 1. The Labute approximate surface area is 299 Å². The van der Waals surface area contributed by atoms with Crippen molar-refractivity contribution in [3.8, 4) is 17.3 Å². The minimum absolute atomic E-state index is 0.0305. The minimum atomic E-state index is -4.90. The van der Waals surface area contributed by atoms with Crippen molar-refractivity contribution in [2.75, 3.05) is 20.2 Å². The number of rotatable bonds is 5. The number of alkyl halides is 7. The third kappa shape index (κ3) is 7.26. The molecule has 0 saturated carbocycles. The Bertz CT molecular complexity index is 2030. The molecule has 3 aromatic heterocycles. The third-order valence-corrected chi connectivity index (χ3v) is 10.3. The Balaban J connectivity index is 1.41. The molecule has 11 nitrogen and oxygen atoms in total. The number of nitrogens with one attached hydrogen (secondary N) is 1. The van der Waals surface area contributed by atoms with Gasteiger partial charge in [0, 0.05) is 43.5 Å². The zero-order chi connectivity index (χ0) is 38.6. The average molecular weight is 756 g/mol. The summed E-state index contributed by atoms with van der Waals surface area (Å²) in [5.41, 5.74) is 4.72. The van der Waals surface area contributed by atoms with Gasteiger partial charge in [-0.2, -0.15) is 22.0 Å². The summed E-state index contributed by atoms with van der Waals surface area (Å²) in [6, 6.07) is 5.92. The van der Waals surface area contributed by atoms with Crippen LogP contribution >= 0.6 is 0 Å². The largest absolute Gasteiger partial charge is 0.494 e. The van der Waals surface area contributed by atoms with Gasteiger partial charge in [-0.25, -0.2) is 18.7 Å². The predicted octanol–water partition coefficient (Wildman–Crippen LogP) is 6.33. The van der Waals surface area contributed by atoms with Gasteiger partial charge in [-0.1, -0.05) is 6.42 Å². The van der Waals surface area contributed by atoms with Crippen LogP contribution in [0.3, 0.4) is 0 Å². The number of fused-ring (bicyclic) bond motifs is 2. The van der Waals surface area contributed by atoms with E-state index in [9.17, 15) is 31.5 Å². The number of amides is 2. The first kappa shape index (κ1) is 38.3. The predicted molar refractivity (Wildman–Crippen MR) is 180 cm³/mol. The fourth-order valence-electron chi connectivity index (χ4n) is 7.16. The SMILES string of the molecule is COc1cc(C(=O)N2CC[C@@H](OC(F)F)[C@@H](N)C2)cc2nc(-c3cc4ccc5nc4n3CC(F)(F)CCCC[C@@](C)(C(F)(F)F)C(=O)N[C@@H]5C)n(C)c12. The summed E-state index contributed by atoms with van der Waals surface area (Å²) in [6.07, 6.45) is -7.65. The molecule has 1 aromatic carbocycles. The Hall–Kier alpha value is -4.45. The zero-order valence-electron chi connectivity index (χ0n) is 29.4. The number of imidazole rings is 1. The molecule has 0 aliphatic carbocycles. The van der Waals surface area contributed by atoms with Crippen molar-refractivity contribution in [3.05, 3.63) is 41.6 Å². The van der Waals surface area contributed by atoms with Gasteiger partial charge < -0.3 is 34.6 Å². The number of hydrogen-bond donors (Lipinski definition) is 2. The number of nitrogens with zero attached hydrogens (tertiary/aromatic N) is 5. The molecule has 0 unspecified atom stereocenters. The molecule has 0 spiro atoms. The van der Waals surface area contributed by atoms with Gasteiger partial charge >= 0.3 is 12.8 Å². The van der Waals surface area contributed by atoms with Crippen molar-refractivity contribution < 1.29 is 49.8 Å². The van der Waals surface area contributed by atoms with Crippen LogP contribution in [-0.2, 0) is 23.1 Å². The lowest BCUT2D eigenvalue weighted by Gasteiger charge is -2.36. The molecular weight excluding hydrogens is 715 g/mol. The maximum Gasteiger partial charge on any atom is 0.402 e. The van der Waals surface area contributed by atoms with E-state index in [1.54, 1.807) is 23.7 Å². The van der Waals surface area contributed by atoms with Crippen LogP contribution in [0.25, 0.3) is 33.6 Å². The topological polar surface area (TPSA) is 130 Å². The molecule has 1 saturated heterocycles. The van der Waals surface area contributed by atoms with E-state index in [0.29, 0.717) is 16.4 Å². The number of benzene rings is 1. The average Bonchev–Trinajstić information content (AvgIpc) is 3.61. The van der Waals surface area contributed by atoms with E-state index in [0.717, 1.165) is 6.92 Å². The monoisotopic (exact) mass is 755 g/mol. The Morgan fingerprint density at radius 1 is 1.11 bits per heavy atom. The number of hydrogen-bond acceptors (Lipinski definition) is 7. The van der Waals surface area contributed by atoms with Crippen molar-refractivity contribution in [3.63, 3.8) is 0 Å². The quantitative estimate of drug-likeness (QED) is 0.228. The fraction of sp³-hybridized carbons (Fsp3) is 0.543. The van der Waals surface area contributed by atoms with Crippen LogP contribution in [0.1, 0.15) is 68.0 Å². The molecule has 1 fully saturated rings.